The summed E-state index contributed by atoms with van der Waals surface area (Å²) in [4.78, 5) is 10.9. The van der Waals surface area contributed by atoms with Crippen LogP contribution in [0.2, 0.25) is 0 Å². The van der Waals surface area contributed by atoms with Crippen molar-refractivity contribution in [3.63, 3.8) is 0 Å². The molecular weight excluding hydrogens is 129 g/mol. The third kappa shape index (κ3) is 1.27. The summed E-state index contributed by atoms with van der Waals surface area (Å²) in [6.07, 6.45) is 1.63. The Balaban J connectivity index is 3.17. The molecule has 0 radical (unpaired) electrons. The number of aromatic nitrogens is 1. The van der Waals surface area contributed by atoms with E-state index in [0.29, 0.717) is 5.46 Å². The zero-order chi connectivity index (χ0) is 7.56. The Bertz CT molecular complexity index is 281. The molecule has 0 amide bonds. The molecule has 1 aromatic heterocycles. The molecule has 4 heteroatoms. The van der Waals surface area contributed by atoms with Crippen LogP contribution >= 0.6 is 0 Å². The molecule has 0 saturated heterocycles. The average molecular weight is 137 g/mol. The molecule has 0 fully saturated rings. The molecule has 1 heterocycles. The summed E-state index contributed by atoms with van der Waals surface area (Å²) in [6.45, 7) is 0. The molecule has 0 bridgehead atoms. The second-order valence-corrected chi connectivity index (χ2v) is 2.14. The normalized spacial score (nSPS) is 9.40. The maximum atomic E-state index is 10.9. The van der Waals surface area contributed by atoms with Crippen LogP contribution in [0.4, 0.5) is 0 Å². The molecule has 1 rings (SSSR count). The molecule has 0 saturated carbocycles. The van der Waals surface area contributed by atoms with E-state index in [2.05, 4.69) is 0 Å². The minimum Gasteiger partial charge on any atom is -0.449 e. The molecule has 0 unspecified atom stereocenters. The van der Waals surface area contributed by atoms with Gasteiger partial charge in [-0.05, 0) is 11.5 Å². The van der Waals surface area contributed by atoms with Gasteiger partial charge in [-0.15, -0.1) is 0 Å². The number of pyridine rings is 1. The molecule has 0 spiro atoms. The SMILES string of the molecule is Cn1ccc(BO)cc1=O. The fourth-order valence-corrected chi connectivity index (χ4v) is 0.688. The van der Waals surface area contributed by atoms with Crippen molar-refractivity contribution < 1.29 is 5.02 Å². The maximum Gasteiger partial charge on any atom is 0.305 e. The minimum atomic E-state index is -0.0912. The van der Waals surface area contributed by atoms with E-state index < -0.39 is 0 Å². The standard InChI is InChI=1S/C6H8BNO2/c1-8-3-2-5(7-10)4-6(8)9/h2-4,7,10H,1H3. The summed E-state index contributed by atoms with van der Waals surface area (Å²) in [5, 5.41) is 8.60. The Morgan fingerprint density at radius 3 is 2.90 bits per heavy atom. The summed E-state index contributed by atoms with van der Waals surface area (Å²) in [7, 11) is 1.60. The third-order valence-corrected chi connectivity index (χ3v) is 1.35. The molecular formula is C6H8BNO2. The largest absolute Gasteiger partial charge is 0.449 e. The predicted octanol–water partition coefficient (Wildman–Crippen LogP) is -1.65. The lowest BCUT2D eigenvalue weighted by Crippen LogP contribution is -2.24. The van der Waals surface area contributed by atoms with Crippen molar-refractivity contribution in [3.8, 4) is 0 Å². The second-order valence-electron chi connectivity index (χ2n) is 2.14. The highest BCUT2D eigenvalue weighted by atomic mass is 16.2. The van der Waals surface area contributed by atoms with Crippen molar-refractivity contribution in [2.24, 2.45) is 7.05 Å². The quantitative estimate of drug-likeness (QED) is 0.471. The van der Waals surface area contributed by atoms with E-state index in [4.69, 9.17) is 5.02 Å². The fraction of sp³-hybridized carbons (Fsp3) is 0.167. The van der Waals surface area contributed by atoms with Crippen molar-refractivity contribution in [1.82, 2.24) is 4.57 Å². The van der Waals surface area contributed by atoms with E-state index in [1.165, 1.54) is 10.6 Å². The lowest BCUT2D eigenvalue weighted by atomic mass is 9.90. The molecule has 0 aromatic carbocycles. The van der Waals surface area contributed by atoms with Gasteiger partial charge >= 0.3 is 7.48 Å². The van der Waals surface area contributed by atoms with E-state index in [1.54, 1.807) is 19.3 Å². The van der Waals surface area contributed by atoms with Gasteiger partial charge in [0.2, 0.25) is 5.56 Å². The Morgan fingerprint density at radius 2 is 2.40 bits per heavy atom. The Hall–Kier alpha value is -1.03. The Morgan fingerprint density at radius 1 is 1.70 bits per heavy atom. The van der Waals surface area contributed by atoms with Gasteiger partial charge in [0.15, 0.2) is 0 Å². The number of hydrogen-bond donors (Lipinski definition) is 1. The molecule has 0 aliphatic carbocycles. The first kappa shape index (κ1) is 7.09. The lowest BCUT2D eigenvalue weighted by Gasteiger charge is -1.95. The van der Waals surface area contributed by atoms with Gasteiger partial charge in [0.1, 0.15) is 0 Å². The molecule has 0 aliphatic rings. The summed E-state index contributed by atoms with van der Waals surface area (Å²) in [5.74, 6) is 0. The summed E-state index contributed by atoms with van der Waals surface area (Å²) >= 11 is 0. The smallest absolute Gasteiger partial charge is 0.305 e. The van der Waals surface area contributed by atoms with Crippen LogP contribution in [0.1, 0.15) is 0 Å². The van der Waals surface area contributed by atoms with Crippen LogP contribution in [0.25, 0.3) is 0 Å². The highest BCUT2D eigenvalue weighted by Crippen LogP contribution is 1.72. The number of aryl methyl sites for hydroxylation is 1. The van der Waals surface area contributed by atoms with Gasteiger partial charge in [0.05, 0.1) is 0 Å². The van der Waals surface area contributed by atoms with E-state index in [9.17, 15) is 4.79 Å². The van der Waals surface area contributed by atoms with E-state index >= 15 is 0 Å². The molecule has 0 aliphatic heterocycles. The molecule has 0 atom stereocenters. The van der Waals surface area contributed by atoms with Gasteiger partial charge in [-0.2, -0.15) is 0 Å². The van der Waals surface area contributed by atoms with Crippen LogP contribution in [0.5, 0.6) is 0 Å². The van der Waals surface area contributed by atoms with Crippen molar-refractivity contribution in [2.75, 3.05) is 0 Å². The first-order chi connectivity index (χ1) is 4.74. The van der Waals surface area contributed by atoms with Crippen molar-refractivity contribution in [1.29, 1.82) is 0 Å². The monoisotopic (exact) mass is 137 g/mol. The molecule has 1 N–H and O–H groups in total. The minimum absolute atomic E-state index is 0.0733. The van der Waals surface area contributed by atoms with Crippen molar-refractivity contribution in [2.45, 2.75) is 0 Å². The number of hydrogen-bond acceptors (Lipinski definition) is 2. The first-order valence-electron chi connectivity index (χ1n) is 3.00. The summed E-state index contributed by atoms with van der Waals surface area (Å²) in [5.41, 5.74) is 0.564. The van der Waals surface area contributed by atoms with Crippen molar-refractivity contribution in [3.05, 3.63) is 28.7 Å². The van der Waals surface area contributed by atoms with Gasteiger partial charge in [0.25, 0.3) is 0 Å². The van der Waals surface area contributed by atoms with Gasteiger partial charge < -0.3 is 9.59 Å². The highest BCUT2D eigenvalue weighted by Gasteiger charge is 1.93. The third-order valence-electron chi connectivity index (χ3n) is 1.35. The van der Waals surface area contributed by atoms with E-state index in [0.717, 1.165) is 0 Å². The van der Waals surface area contributed by atoms with Crippen LogP contribution in [0.3, 0.4) is 0 Å². The number of rotatable bonds is 1. The Kier molecular flexibility index (Phi) is 1.92. The van der Waals surface area contributed by atoms with Gasteiger partial charge in [-0.3, -0.25) is 4.79 Å². The van der Waals surface area contributed by atoms with E-state index in [-0.39, 0.29) is 13.0 Å². The lowest BCUT2D eigenvalue weighted by molar-refractivity contribution is 0.615. The molecule has 10 heavy (non-hydrogen) atoms. The van der Waals surface area contributed by atoms with Crippen molar-refractivity contribution >= 4 is 12.9 Å². The zero-order valence-electron chi connectivity index (χ0n) is 5.74. The van der Waals surface area contributed by atoms with E-state index in [1.807, 2.05) is 0 Å². The molecule has 52 valence electrons. The number of nitrogens with zero attached hydrogens (tertiary/aromatic N) is 1. The molecule has 3 nitrogen and oxygen atoms in total. The van der Waals surface area contributed by atoms with Gasteiger partial charge in [-0.1, -0.05) is 0 Å². The zero-order valence-corrected chi connectivity index (χ0v) is 5.74. The first-order valence-corrected chi connectivity index (χ1v) is 3.00. The van der Waals surface area contributed by atoms with Crippen LogP contribution in [-0.4, -0.2) is 17.1 Å². The predicted molar refractivity (Wildman–Crippen MR) is 40.7 cm³/mol. The second kappa shape index (κ2) is 2.71. The van der Waals surface area contributed by atoms with Crippen LogP contribution in [0.15, 0.2) is 23.1 Å². The topological polar surface area (TPSA) is 42.2 Å². The fourth-order valence-electron chi connectivity index (χ4n) is 0.688. The maximum absolute atomic E-state index is 10.9. The van der Waals surface area contributed by atoms with Crippen LogP contribution < -0.4 is 11.0 Å². The van der Waals surface area contributed by atoms with Crippen LogP contribution in [-0.2, 0) is 7.05 Å². The average Bonchev–Trinajstić information content (AvgIpc) is 1.95. The van der Waals surface area contributed by atoms with Gasteiger partial charge in [-0.25, -0.2) is 0 Å². The summed E-state index contributed by atoms with van der Waals surface area (Å²) < 4.78 is 1.46. The van der Waals surface area contributed by atoms with Crippen LogP contribution in [0, 0.1) is 0 Å². The highest BCUT2D eigenvalue weighted by molar-refractivity contribution is 6.45. The summed E-state index contributed by atoms with van der Waals surface area (Å²) in [6, 6.07) is 3.13. The Labute approximate surface area is 59.2 Å². The van der Waals surface area contributed by atoms with Gasteiger partial charge in [0, 0.05) is 19.3 Å². The molecule has 1 aromatic rings.